The molecule has 0 unspecified atom stereocenters. The lowest BCUT2D eigenvalue weighted by atomic mass is 10.0. The summed E-state index contributed by atoms with van der Waals surface area (Å²) in [7, 11) is 0. The van der Waals surface area contributed by atoms with Crippen LogP contribution in [0.25, 0.3) is 0 Å². The van der Waals surface area contributed by atoms with E-state index < -0.39 is 17.9 Å². The summed E-state index contributed by atoms with van der Waals surface area (Å²) in [4.78, 5) is 34.0. The summed E-state index contributed by atoms with van der Waals surface area (Å²) < 4.78 is 5.04. The van der Waals surface area contributed by atoms with Crippen molar-refractivity contribution in [3.05, 3.63) is 34.9 Å². The molecule has 0 radical (unpaired) electrons. The average molecular weight is 308 g/mol. The van der Waals surface area contributed by atoms with Gasteiger partial charge in [-0.25, -0.2) is 14.4 Å². The van der Waals surface area contributed by atoms with E-state index in [9.17, 15) is 14.4 Å². The fraction of sp³-hybridized carbons (Fsp3) is 0.438. The van der Waals surface area contributed by atoms with E-state index in [0.29, 0.717) is 6.42 Å². The molecular formula is C16H20O6. The number of carboxylic acids is 2. The standard InChI is InChI=1S/C16H20O6/c1-2-3-4-5-6-9-22-16(21)13-10-11(14(17)18)7-8-12(13)15(19)20/h7-8,10H,2-6,9H2,1H3,(H,17,18)(H,19,20). The minimum Gasteiger partial charge on any atom is -0.478 e. The smallest absolute Gasteiger partial charge is 0.339 e. The van der Waals surface area contributed by atoms with E-state index >= 15 is 0 Å². The Morgan fingerprint density at radius 2 is 1.64 bits per heavy atom. The first-order valence-corrected chi connectivity index (χ1v) is 7.25. The highest BCUT2D eigenvalue weighted by atomic mass is 16.5. The van der Waals surface area contributed by atoms with E-state index in [1.807, 2.05) is 0 Å². The van der Waals surface area contributed by atoms with Crippen molar-refractivity contribution in [3.8, 4) is 0 Å². The molecule has 2 N–H and O–H groups in total. The molecule has 0 aliphatic heterocycles. The van der Waals surface area contributed by atoms with Crippen LogP contribution >= 0.6 is 0 Å². The maximum atomic E-state index is 12.0. The number of rotatable bonds is 9. The average Bonchev–Trinajstić information content (AvgIpc) is 2.49. The van der Waals surface area contributed by atoms with Gasteiger partial charge < -0.3 is 14.9 Å². The number of carbonyl (C=O) groups is 3. The van der Waals surface area contributed by atoms with E-state index in [0.717, 1.165) is 43.9 Å². The van der Waals surface area contributed by atoms with Crippen LogP contribution in [-0.2, 0) is 4.74 Å². The molecule has 0 aromatic heterocycles. The lowest BCUT2D eigenvalue weighted by Crippen LogP contribution is -2.14. The summed E-state index contributed by atoms with van der Waals surface area (Å²) in [6.45, 7) is 2.29. The van der Waals surface area contributed by atoms with Gasteiger partial charge in [0.1, 0.15) is 0 Å². The van der Waals surface area contributed by atoms with E-state index in [1.165, 1.54) is 0 Å². The van der Waals surface area contributed by atoms with E-state index in [-0.39, 0.29) is 23.3 Å². The van der Waals surface area contributed by atoms with Crippen molar-refractivity contribution in [2.75, 3.05) is 6.61 Å². The Balaban J connectivity index is 2.72. The first-order valence-electron chi connectivity index (χ1n) is 7.25. The van der Waals surface area contributed by atoms with Gasteiger partial charge in [-0.15, -0.1) is 0 Å². The third-order valence-corrected chi connectivity index (χ3v) is 3.20. The monoisotopic (exact) mass is 308 g/mol. The Kier molecular flexibility index (Phi) is 7.08. The molecule has 0 atom stereocenters. The molecule has 0 saturated heterocycles. The lowest BCUT2D eigenvalue weighted by Gasteiger charge is -2.08. The summed E-state index contributed by atoms with van der Waals surface area (Å²) in [6, 6.07) is 3.28. The minimum atomic E-state index is -1.30. The van der Waals surface area contributed by atoms with Crippen LogP contribution in [0, 0.1) is 0 Å². The molecule has 0 saturated carbocycles. The molecule has 22 heavy (non-hydrogen) atoms. The van der Waals surface area contributed by atoms with Crippen LogP contribution in [0.4, 0.5) is 0 Å². The minimum absolute atomic E-state index is 0.153. The predicted molar refractivity (Wildman–Crippen MR) is 79.4 cm³/mol. The van der Waals surface area contributed by atoms with E-state index in [1.54, 1.807) is 0 Å². The van der Waals surface area contributed by atoms with Crippen LogP contribution in [0.3, 0.4) is 0 Å². The second-order valence-electron chi connectivity index (χ2n) is 4.92. The molecule has 0 aliphatic carbocycles. The molecule has 0 heterocycles. The fourth-order valence-corrected chi connectivity index (χ4v) is 1.98. The Morgan fingerprint density at radius 3 is 2.23 bits per heavy atom. The molecule has 0 amide bonds. The molecule has 1 aromatic carbocycles. The van der Waals surface area contributed by atoms with Gasteiger partial charge in [-0.3, -0.25) is 0 Å². The van der Waals surface area contributed by atoms with Gasteiger partial charge in [-0.1, -0.05) is 32.6 Å². The molecule has 0 spiro atoms. The number of carbonyl (C=O) groups excluding carboxylic acids is 1. The van der Waals surface area contributed by atoms with Gasteiger partial charge in [-0.2, -0.15) is 0 Å². The van der Waals surface area contributed by atoms with Crippen molar-refractivity contribution in [2.24, 2.45) is 0 Å². The van der Waals surface area contributed by atoms with Crippen molar-refractivity contribution in [2.45, 2.75) is 39.0 Å². The Morgan fingerprint density at radius 1 is 0.955 bits per heavy atom. The number of benzene rings is 1. The summed E-state index contributed by atoms with van der Waals surface area (Å²) in [5.41, 5.74) is -0.651. The van der Waals surface area contributed by atoms with Crippen LogP contribution in [0.5, 0.6) is 0 Å². The summed E-state index contributed by atoms with van der Waals surface area (Å²) in [5, 5.41) is 18.0. The van der Waals surface area contributed by atoms with Crippen LogP contribution in [-0.4, -0.2) is 34.7 Å². The topological polar surface area (TPSA) is 101 Å². The zero-order chi connectivity index (χ0) is 16.5. The fourth-order valence-electron chi connectivity index (χ4n) is 1.98. The third kappa shape index (κ3) is 5.20. The lowest BCUT2D eigenvalue weighted by molar-refractivity contribution is 0.0487. The zero-order valence-electron chi connectivity index (χ0n) is 12.5. The Labute approximate surface area is 128 Å². The summed E-state index contributed by atoms with van der Waals surface area (Å²) >= 11 is 0. The van der Waals surface area contributed by atoms with Crippen molar-refractivity contribution >= 4 is 17.9 Å². The largest absolute Gasteiger partial charge is 0.478 e. The molecule has 0 bridgehead atoms. The Bertz CT molecular complexity index is 550. The zero-order valence-corrected chi connectivity index (χ0v) is 12.5. The molecule has 0 fully saturated rings. The number of esters is 1. The van der Waals surface area contributed by atoms with Gasteiger partial charge in [0.2, 0.25) is 0 Å². The first-order chi connectivity index (χ1) is 10.5. The van der Waals surface area contributed by atoms with Gasteiger partial charge in [0.25, 0.3) is 0 Å². The quantitative estimate of drug-likeness (QED) is 0.536. The number of carboxylic acid groups (broad SMARTS) is 2. The second kappa shape index (κ2) is 8.81. The van der Waals surface area contributed by atoms with Gasteiger partial charge in [0, 0.05) is 0 Å². The molecule has 1 aromatic rings. The molecule has 6 nitrogen and oxygen atoms in total. The molecular weight excluding hydrogens is 288 g/mol. The highest BCUT2D eigenvalue weighted by molar-refractivity contribution is 6.04. The predicted octanol–water partition coefficient (Wildman–Crippen LogP) is 3.21. The number of hydrogen-bond acceptors (Lipinski definition) is 4. The normalized spacial score (nSPS) is 10.2. The van der Waals surface area contributed by atoms with Crippen LogP contribution in [0.2, 0.25) is 0 Å². The Hall–Kier alpha value is -2.37. The van der Waals surface area contributed by atoms with Gasteiger partial charge in [-0.05, 0) is 24.6 Å². The van der Waals surface area contributed by atoms with Gasteiger partial charge in [0.15, 0.2) is 0 Å². The maximum Gasteiger partial charge on any atom is 0.339 e. The first kappa shape index (κ1) is 17.7. The van der Waals surface area contributed by atoms with Crippen molar-refractivity contribution in [3.63, 3.8) is 0 Å². The second-order valence-corrected chi connectivity index (χ2v) is 4.92. The van der Waals surface area contributed by atoms with Crippen molar-refractivity contribution in [1.29, 1.82) is 0 Å². The molecule has 120 valence electrons. The summed E-state index contributed by atoms with van der Waals surface area (Å²) in [6.07, 6.45) is 4.93. The number of unbranched alkanes of at least 4 members (excludes halogenated alkanes) is 4. The molecule has 6 heteroatoms. The highest BCUT2D eigenvalue weighted by Crippen LogP contribution is 2.15. The highest BCUT2D eigenvalue weighted by Gasteiger charge is 2.20. The summed E-state index contributed by atoms with van der Waals surface area (Å²) in [5.74, 6) is -3.34. The van der Waals surface area contributed by atoms with Crippen LogP contribution in [0.15, 0.2) is 18.2 Å². The number of hydrogen-bond donors (Lipinski definition) is 2. The number of aromatic carboxylic acids is 2. The molecule has 1 rings (SSSR count). The van der Waals surface area contributed by atoms with Crippen molar-refractivity contribution < 1.29 is 29.3 Å². The molecule has 0 aliphatic rings. The van der Waals surface area contributed by atoms with Gasteiger partial charge >= 0.3 is 17.9 Å². The van der Waals surface area contributed by atoms with Crippen molar-refractivity contribution in [1.82, 2.24) is 0 Å². The number of ether oxygens (including phenoxy) is 1. The van der Waals surface area contributed by atoms with E-state index in [4.69, 9.17) is 14.9 Å². The SMILES string of the molecule is CCCCCCCOC(=O)c1cc(C(=O)O)ccc1C(=O)O. The van der Waals surface area contributed by atoms with E-state index in [2.05, 4.69) is 6.92 Å². The third-order valence-electron chi connectivity index (χ3n) is 3.20. The van der Waals surface area contributed by atoms with Gasteiger partial charge in [0.05, 0.1) is 23.3 Å². The van der Waals surface area contributed by atoms with Crippen LogP contribution < -0.4 is 0 Å². The van der Waals surface area contributed by atoms with Crippen LogP contribution in [0.1, 0.15) is 70.1 Å². The maximum absolute atomic E-state index is 12.0.